The number of nitrogens with zero attached hydrogens (tertiary/aromatic N) is 4. The van der Waals surface area contributed by atoms with Gasteiger partial charge in [0.2, 0.25) is 5.95 Å². The minimum atomic E-state index is -0.506. The van der Waals surface area contributed by atoms with E-state index < -0.39 is 6.10 Å². The van der Waals surface area contributed by atoms with Gasteiger partial charge in [0.25, 0.3) is 0 Å². The topological polar surface area (TPSA) is 122 Å². The predicted molar refractivity (Wildman–Crippen MR) is 110 cm³/mol. The van der Waals surface area contributed by atoms with Gasteiger partial charge in [-0.05, 0) is 44.4 Å². The van der Waals surface area contributed by atoms with Crippen LogP contribution >= 0.6 is 11.6 Å². The van der Waals surface area contributed by atoms with Gasteiger partial charge >= 0.3 is 0 Å². The molecule has 2 aromatic heterocycles. The Balaban J connectivity index is 1.46. The van der Waals surface area contributed by atoms with Crippen molar-refractivity contribution in [2.24, 2.45) is 0 Å². The minimum absolute atomic E-state index is 0.0548. The zero-order valence-electron chi connectivity index (χ0n) is 15.8. The summed E-state index contributed by atoms with van der Waals surface area (Å²) in [5, 5.41) is 36.8. The van der Waals surface area contributed by atoms with Gasteiger partial charge in [0.05, 0.1) is 17.7 Å². The van der Waals surface area contributed by atoms with Crippen molar-refractivity contribution in [2.75, 3.05) is 10.6 Å². The summed E-state index contributed by atoms with van der Waals surface area (Å²) in [6.07, 6.45) is 1.40. The summed E-state index contributed by atoms with van der Waals surface area (Å²) in [6.45, 7) is 1.93. The Morgan fingerprint density at radius 3 is 2.83 bits per heavy atom. The van der Waals surface area contributed by atoms with Crippen LogP contribution in [0.25, 0.3) is 10.9 Å². The molecule has 3 aromatic rings. The van der Waals surface area contributed by atoms with Crippen LogP contribution in [0.3, 0.4) is 0 Å². The molecule has 4 unspecified atom stereocenters. The van der Waals surface area contributed by atoms with E-state index in [0.717, 1.165) is 11.1 Å². The molecule has 5 rings (SSSR count). The molecule has 2 aliphatic heterocycles. The lowest BCUT2D eigenvalue weighted by Gasteiger charge is -2.35. The maximum atomic E-state index is 10.1. The Labute approximate surface area is 172 Å². The van der Waals surface area contributed by atoms with Gasteiger partial charge in [-0.2, -0.15) is 15.1 Å². The van der Waals surface area contributed by atoms with Crippen molar-refractivity contribution in [3.63, 3.8) is 0 Å². The third-order valence-corrected chi connectivity index (χ3v) is 5.93. The molecular formula is C19H22ClN7O2. The van der Waals surface area contributed by atoms with Crippen LogP contribution in [-0.2, 0) is 0 Å². The van der Waals surface area contributed by atoms with Gasteiger partial charge in [-0.25, -0.2) is 4.98 Å². The van der Waals surface area contributed by atoms with E-state index in [1.165, 1.54) is 5.06 Å². The lowest BCUT2D eigenvalue weighted by Crippen LogP contribution is -2.47. The van der Waals surface area contributed by atoms with E-state index >= 15 is 0 Å². The summed E-state index contributed by atoms with van der Waals surface area (Å²) >= 11 is 6.18. The molecule has 0 saturated carbocycles. The van der Waals surface area contributed by atoms with E-state index in [1.807, 2.05) is 19.1 Å². The van der Waals surface area contributed by atoms with Gasteiger partial charge in [0.1, 0.15) is 5.82 Å². The highest BCUT2D eigenvalue weighted by atomic mass is 35.5. The number of benzene rings is 1. The van der Waals surface area contributed by atoms with Crippen LogP contribution in [0.15, 0.2) is 24.3 Å². The molecule has 0 spiro atoms. The first-order valence-electron chi connectivity index (χ1n) is 9.64. The fourth-order valence-corrected chi connectivity index (χ4v) is 4.51. The molecule has 10 heteroatoms. The number of aryl methyl sites for hydroxylation is 1. The van der Waals surface area contributed by atoms with E-state index in [-0.39, 0.29) is 18.1 Å². The number of piperidine rings is 1. The van der Waals surface area contributed by atoms with Crippen molar-refractivity contribution in [3.8, 4) is 0 Å². The lowest BCUT2D eigenvalue weighted by molar-refractivity contribution is -0.159. The first kappa shape index (κ1) is 18.6. The van der Waals surface area contributed by atoms with Crippen LogP contribution < -0.4 is 10.6 Å². The van der Waals surface area contributed by atoms with Crippen molar-refractivity contribution in [1.29, 1.82) is 0 Å². The van der Waals surface area contributed by atoms with Crippen molar-refractivity contribution < 1.29 is 10.3 Å². The Kier molecular flexibility index (Phi) is 4.54. The Morgan fingerprint density at radius 1 is 1.21 bits per heavy atom. The van der Waals surface area contributed by atoms with E-state index in [4.69, 9.17) is 11.6 Å². The third-order valence-electron chi connectivity index (χ3n) is 5.70. The van der Waals surface area contributed by atoms with Crippen LogP contribution in [0.2, 0.25) is 5.02 Å². The number of aromatic nitrogens is 4. The molecular weight excluding hydrogens is 394 g/mol. The normalized spacial score (nSPS) is 26.8. The fourth-order valence-electron chi connectivity index (χ4n) is 4.34. The van der Waals surface area contributed by atoms with Gasteiger partial charge in [-0.15, -0.1) is 0 Å². The van der Waals surface area contributed by atoms with E-state index in [2.05, 4.69) is 30.8 Å². The molecule has 0 radical (unpaired) electrons. The number of aliphatic hydroxyl groups is 1. The molecule has 4 heterocycles. The molecule has 1 aromatic carbocycles. The SMILES string of the molecule is Cc1cc(Nc2nc(NC3CC4CC(O)C(C3)N4O)nc3cc(Cl)ccc23)n[nH]1. The first-order chi connectivity index (χ1) is 14.0. The average Bonchev–Trinajstić information content (AvgIpc) is 3.13. The highest BCUT2D eigenvalue weighted by molar-refractivity contribution is 6.31. The van der Waals surface area contributed by atoms with E-state index in [1.54, 1.807) is 12.1 Å². The van der Waals surface area contributed by atoms with Crippen LogP contribution in [0, 0.1) is 6.92 Å². The molecule has 0 aliphatic carbocycles. The zero-order valence-corrected chi connectivity index (χ0v) is 16.6. The second kappa shape index (κ2) is 7.10. The minimum Gasteiger partial charge on any atom is -0.391 e. The number of nitrogens with one attached hydrogen (secondary N) is 3. The largest absolute Gasteiger partial charge is 0.391 e. The smallest absolute Gasteiger partial charge is 0.225 e. The molecule has 152 valence electrons. The third kappa shape index (κ3) is 3.51. The molecule has 29 heavy (non-hydrogen) atoms. The van der Waals surface area contributed by atoms with Crippen molar-refractivity contribution >= 4 is 40.1 Å². The highest BCUT2D eigenvalue weighted by Gasteiger charge is 2.46. The summed E-state index contributed by atoms with van der Waals surface area (Å²) in [7, 11) is 0. The summed E-state index contributed by atoms with van der Waals surface area (Å²) in [5.74, 6) is 1.77. The number of aromatic amines is 1. The number of anilines is 3. The zero-order chi connectivity index (χ0) is 20.1. The monoisotopic (exact) mass is 415 g/mol. The van der Waals surface area contributed by atoms with Gasteiger partial charge in [0.15, 0.2) is 5.82 Å². The molecule has 9 nitrogen and oxygen atoms in total. The number of aliphatic hydroxyl groups excluding tert-OH is 1. The molecule has 2 aliphatic rings. The summed E-state index contributed by atoms with van der Waals surface area (Å²) in [6, 6.07) is 7.12. The first-order valence-corrected chi connectivity index (χ1v) is 10.0. The van der Waals surface area contributed by atoms with Crippen LogP contribution in [0.4, 0.5) is 17.6 Å². The summed E-state index contributed by atoms with van der Waals surface area (Å²) < 4.78 is 0. The average molecular weight is 416 g/mol. The van der Waals surface area contributed by atoms with Crippen molar-refractivity contribution in [2.45, 2.75) is 50.4 Å². The van der Waals surface area contributed by atoms with Gasteiger partial charge in [-0.1, -0.05) is 11.6 Å². The standard InChI is InChI=1S/C19H22ClN7O2/c1-9-4-17(26-25-9)23-18-13-3-2-10(20)5-14(13)22-19(24-18)21-11-6-12-8-16(28)15(7-11)27(12)29/h2-5,11-12,15-16,28-29H,6-8H2,1H3,(H3,21,22,23,24,25,26). The van der Waals surface area contributed by atoms with Gasteiger partial charge < -0.3 is 20.9 Å². The molecule has 5 N–H and O–H groups in total. The van der Waals surface area contributed by atoms with Crippen LogP contribution in [0.1, 0.15) is 25.0 Å². The van der Waals surface area contributed by atoms with E-state index in [0.29, 0.717) is 47.4 Å². The van der Waals surface area contributed by atoms with Crippen LogP contribution in [-0.4, -0.2) is 59.8 Å². The fraction of sp³-hybridized carbons (Fsp3) is 0.421. The molecule has 2 fully saturated rings. The number of hydroxylamine groups is 2. The maximum absolute atomic E-state index is 10.1. The van der Waals surface area contributed by atoms with Gasteiger partial charge in [0, 0.05) is 34.3 Å². The van der Waals surface area contributed by atoms with E-state index in [9.17, 15) is 10.3 Å². The molecule has 2 bridgehead atoms. The Bertz CT molecular complexity index is 1060. The Hall–Kier alpha value is -2.46. The summed E-state index contributed by atoms with van der Waals surface area (Å²) in [4.78, 5) is 9.30. The summed E-state index contributed by atoms with van der Waals surface area (Å²) in [5.41, 5.74) is 1.66. The number of hydrogen-bond donors (Lipinski definition) is 5. The second-order valence-electron chi connectivity index (χ2n) is 7.84. The number of H-pyrrole nitrogens is 1. The number of fused-ring (bicyclic) bond motifs is 3. The predicted octanol–water partition coefficient (Wildman–Crippen LogP) is 2.83. The number of rotatable bonds is 4. The Morgan fingerprint density at radius 2 is 2.07 bits per heavy atom. The molecule has 4 atom stereocenters. The number of hydrogen-bond acceptors (Lipinski definition) is 8. The van der Waals surface area contributed by atoms with Crippen molar-refractivity contribution in [3.05, 3.63) is 35.0 Å². The number of halogens is 1. The highest BCUT2D eigenvalue weighted by Crippen LogP contribution is 2.36. The molecule has 0 amide bonds. The second-order valence-corrected chi connectivity index (χ2v) is 8.27. The quantitative estimate of drug-likeness (QED) is 0.441. The molecule has 2 saturated heterocycles. The van der Waals surface area contributed by atoms with Crippen LogP contribution in [0.5, 0.6) is 0 Å². The van der Waals surface area contributed by atoms with Gasteiger partial charge in [-0.3, -0.25) is 5.10 Å². The maximum Gasteiger partial charge on any atom is 0.225 e. The lowest BCUT2D eigenvalue weighted by atomic mass is 9.99. The van der Waals surface area contributed by atoms with Crippen molar-refractivity contribution in [1.82, 2.24) is 25.2 Å².